The lowest BCUT2D eigenvalue weighted by atomic mass is 10.2. The fourth-order valence-corrected chi connectivity index (χ4v) is 6.29. The van der Waals surface area contributed by atoms with E-state index in [0.717, 1.165) is 29.9 Å². The van der Waals surface area contributed by atoms with E-state index in [2.05, 4.69) is 5.10 Å². The van der Waals surface area contributed by atoms with E-state index in [-0.39, 0.29) is 17.4 Å². The van der Waals surface area contributed by atoms with Crippen molar-refractivity contribution in [3.05, 3.63) is 72.1 Å². The van der Waals surface area contributed by atoms with E-state index in [9.17, 15) is 13.2 Å². The molecule has 0 N–H and O–H groups in total. The molecule has 2 fully saturated rings. The summed E-state index contributed by atoms with van der Waals surface area (Å²) in [5.41, 5.74) is 1.74. The maximum atomic E-state index is 12.8. The van der Waals surface area contributed by atoms with Gasteiger partial charge in [0.1, 0.15) is 5.82 Å². The summed E-state index contributed by atoms with van der Waals surface area (Å²) in [5, 5.41) is 5.25. The number of rotatable bonds is 8. The third-order valence-corrected chi connectivity index (χ3v) is 8.73. The molecule has 0 unspecified atom stereocenters. The molecule has 5 rings (SSSR count). The van der Waals surface area contributed by atoms with Crippen molar-refractivity contribution in [2.75, 3.05) is 31.9 Å². The van der Waals surface area contributed by atoms with Crippen LogP contribution in [0.1, 0.15) is 30.1 Å². The van der Waals surface area contributed by atoms with Crippen molar-refractivity contribution in [3.8, 4) is 5.69 Å². The maximum absolute atomic E-state index is 12.8. The first kappa shape index (κ1) is 23.1. The first-order chi connectivity index (χ1) is 16.5. The number of nitrogens with zero attached hydrogens (tertiary/aromatic N) is 5. The summed E-state index contributed by atoms with van der Waals surface area (Å²) in [6.07, 6.45) is 2.23. The molecule has 0 spiro atoms. The highest BCUT2D eigenvalue weighted by molar-refractivity contribution is 7.99. The van der Waals surface area contributed by atoms with Crippen LogP contribution in [0.3, 0.4) is 0 Å². The second-order valence-corrected chi connectivity index (χ2v) is 11.5. The minimum atomic E-state index is -3.40. The van der Waals surface area contributed by atoms with Gasteiger partial charge in [0.25, 0.3) is 0 Å². The number of piperazine rings is 1. The molecule has 2 aliphatic rings. The molecule has 1 saturated carbocycles. The summed E-state index contributed by atoms with van der Waals surface area (Å²) in [7, 11) is -3.40. The van der Waals surface area contributed by atoms with Gasteiger partial charge in [-0.05, 0) is 30.5 Å². The summed E-state index contributed by atoms with van der Waals surface area (Å²) in [5.74, 6) is 1.59. The van der Waals surface area contributed by atoms with Crippen molar-refractivity contribution in [3.63, 3.8) is 0 Å². The first-order valence-corrected chi connectivity index (χ1v) is 14.0. The number of para-hydroxylation sites is 1. The minimum absolute atomic E-state index is 0.0172. The number of hydrogen-bond acceptors (Lipinski definition) is 6. The topological polar surface area (TPSA) is 88.4 Å². The van der Waals surface area contributed by atoms with Gasteiger partial charge >= 0.3 is 0 Å². The Bertz CT molecular complexity index is 1240. The number of aromatic nitrogens is 3. The summed E-state index contributed by atoms with van der Waals surface area (Å²) in [4.78, 5) is 19.2. The number of carbonyl (C=O) groups is 1. The third kappa shape index (κ3) is 5.34. The predicted molar refractivity (Wildman–Crippen MR) is 131 cm³/mol. The molecule has 34 heavy (non-hydrogen) atoms. The average molecular weight is 498 g/mol. The van der Waals surface area contributed by atoms with Crippen LogP contribution < -0.4 is 0 Å². The van der Waals surface area contributed by atoms with Crippen LogP contribution in [0.4, 0.5) is 0 Å². The zero-order chi connectivity index (χ0) is 23.5. The van der Waals surface area contributed by atoms with Crippen molar-refractivity contribution in [1.82, 2.24) is 24.0 Å². The molecule has 2 aromatic carbocycles. The fraction of sp³-hybridized carbons (Fsp3) is 0.375. The fourth-order valence-electron chi connectivity index (χ4n) is 4.04. The maximum Gasteiger partial charge on any atom is 0.233 e. The van der Waals surface area contributed by atoms with Crippen LogP contribution in [0.25, 0.3) is 5.69 Å². The average Bonchev–Trinajstić information content (AvgIpc) is 3.62. The second-order valence-electron chi connectivity index (χ2n) is 8.58. The Morgan fingerprint density at radius 2 is 1.59 bits per heavy atom. The number of hydrogen-bond donors (Lipinski definition) is 0. The highest BCUT2D eigenvalue weighted by Crippen LogP contribution is 2.40. The van der Waals surface area contributed by atoms with Crippen molar-refractivity contribution >= 4 is 27.7 Å². The molecule has 3 aromatic rings. The molecular formula is C24H27N5O3S2. The molecule has 178 valence electrons. The zero-order valence-electron chi connectivity index (χ0n) is 18.8. The van der Waals surface area contributed by atoms with E-state index in [0.29, 0.717) is 37.3 Å². The molecule has 1 amide bonds. The van der Waals surface area contributed by atoms with Gasteiger partial charge in [-0.2, -0.15) is 4.31 Å². The highest BCUT2D eigenvalue weighted by atomic mass is 32.2. The number of carbonyl (C=O) groups excluding carboxylic acids is 1. The van der Waals surface area contributed by atoms with Crippen LogP contribution in [-0.4, -0.2) is 70.2 Å². The van der Waals surface area contributed by atoms with Gasteiger partial charge in [-0.3, -0.25) is 4.79 Å². The molecule has 1 saturated heterocycles. The third-order valence-electron chi connectivity index (χ3n) is 6.06. The van der Waals surface area contributed by atoms with Crippen LogP contribution in [0.5, 0.6) is 0 Å². The Balaban J connectivity index is 1.16. The Hall–Kier alpha value is -2.69. The van der Waals surface area contributed by atoms with Crippen LogP contribution in [-0.2, 0) is 20.6 Å². The van der Waals surface area contributed by atoms with Gasteiger partial charge in [-0.15, -0.1) is 5.10 Å². The normalized spacial score (nSPS) is 17.1. The molecule has 10 heteroatoms. The Kier molecular flexibility index (Phi) is 6.71. The molecule has 1 aliphatic heterocycles. The monoisotopic (exact) mass is 497 g/mol. The number of amides is 1. The lowest BCUT2D eigenvalue weighted by Gasteiger charge is -2.34. The smallest absolute Gasteiger partial charge is 0.233 e. The Morgan fingerprint density at radius 1 is 0.941 bits per heavy atom. The summed E-state index contributed by atoms with van der Waals surface area (Å²) in [6.45, 7) is 1.43. The standard InChI is InChI=1S/C24H27N5O3S2/c30-22(27-13-15-28(16-14-27)34(31,32)18-19-7-3-1-4-8-19)17-33-24-25-23(20-11-12-20)29(26-24)21-9-5-2-6-10-21/h1-10,20H,11-18H2. The van der Waals surface area contributed by atoms with E-state index in [1.165, 1.54) is 16.1 Å². The van der Waals surface area contributed by atoms with Gasteiger partial charge < -0.3 is 4.90 Å². The van der Waals surface area contributed by atoms with Crippen LogP contribution in [0, 0.1) is 0 Å². The molecule has 8 nitrogen and oxygen atoms in total. The Labute approximate surface area is 204 Å². The second kappa shape index (κ2) is 9.89. The molecule has 0 bridgehead atoms. The van der Waals surface area contributed by atoms with Gasteiger partial charge in [0.2, 0.25) is 21.1 Å². The zero-order valence-corrected chi connectivity index (χ0v) is 20.4. The van der Waals surface area contributed by atoms with E-state index in [1.54, 1.807) is 4.90 Å². The van der Waals surface area contributed by atoms with Crippen LogP contribution in [0.2, 0.25) is 0 Å². The largest absolute Gasteiger partial charge is 0.339 e. The molecule has 0 radical (unpaired) electrons. The predicted octanol–water partition coefficient (Wildman–Crippen LogP) is 2.91. The van der Waals surface area contributed by atoms with Gasteiger partial charge in [0.15, 0.2) is 0 Å². The van der Waals surface area contributed by atoms with Gasteiger partial charge in [0, 0.05) is 32.1 Å². The molecule has 2 heterocycles. The number of sulfonamides is 1. The molecule has 0 atom stereocenters. The van der Waals surface area contributed by atoms with Crippen LogP contribution in [0.15, 0.2) is 65.8 Å². The van der Waals surface area contributed by atoms with Crippen molar-refractivity contribution in [2.24, 2.45) is 0 Å². The number of benzene rings is 2. The molecule has 1 aromatic heterocycles. The first-order valence-electron chi connectivity index (χ1n) is 11.4. The number of thioether (sulfide) groups is 1. The summed E-state index contributed by atoms with van der Waals surface area (Å²) < 4.78 is 28.9. The molecular weight excluding hydrogens is 470 g/mol. The van der Waals surface area contributed by atoms with Gasteiger partial charge in [0.05, 0.1) is 17.2 Å². The van der Waals surface area contributed by atoms with E-state index in [4.69, 9.17) is 4.98 Å². The lowest BCUT2D eigenvalue weighted by molar-refractivity contribution is -0.129. The minimum Gasteiger partial charge on any atom is -0.339 e. The SMILES string of the molecule is O=C(CSc1nc(C2CC2)n(-c2ccccc2)n1)N1CCN(S(=O)(=O)Cc2ccccc2)CC1. The highest BCUT2D eigenvalue weighted by Gasteiger charge is 2.31. The Morgan fingerprint density at radius 3 is 2.24 bits per heavy atom. The quantitative estimate of drug-likeness (QED) is 0.445. The summed E-state index contributed by atoms with van der Waals surface area (Å²) >= 11 is 1.34. The molecule has 1 aliphatic carbocycles. The van der Waals surface area contributed by atoms with E-state index in [1.807, 2.05) is 65.3 Å². The van der Waals surface area contributed by atoms with Crippen molar-refractivity contribution in [1.29, 1.82) is 0 Å². The summed E-state index contributed by atoms with van der Waals surface area (Å²) in [6, 6.07) is 19.1. The van der Waals surface area contributed by atoms with E-state index >= 15 is 0 Å². The lowest BCUT2D eigenvalue weighted by Crippen LogP contribution is -2.51. The van der Waals surface area contributed by atoms with Gasteiger partial charge in [-0.25, -0.2) is 18.1 Å². The van der Waals surface area contributed by atoms with Crippen molar-refractivity contribution < 1.29 is 13.2 Å². The van der Waals surface area contributed by atoms with Gasteiger partial charge in [-0.1, -0.05) is 60.3 Å². The van der Waals surface area contributed by atoms with E-state index < -0.39 is 10.0 Å². The van der Waals surface area contributed by atoms with Crippen LogP contribution >= 0.6 is 11.8 Å². The van der Waals surface area contributed by atoms with Crippen molar-refractivity contribution in [2.45, 2.75) is 29.7 Å².